The Morgan fingerprint density at radius 3 is 2.42 bits per heavy atom. The van der Waals surface area contributed by atoms with Gasteiger partial charge in [0.2, 0.25) is 0 Å². The van der Waals surface area contributed by atoms with Gasteiger partial charge in [-0.25, -0.2) is 0 Å². The minimum Gasteiger partial charge on any atom is -0.492 e. The van der Waals surface area contributed by atoms with E-state index in [0.717, 1.165) is 24.0 Å². The van der Waals surface area contributed by atoms with E-state index < -0.39 is 0 Å². The SMILES string of the molecule is OCCCCOc1ccc(-c2ccccc2)cc1Cl. The van der Waals surface area contributed by atoms with Crippen molar-refractivity contribution in [2.75, 3.05) is 13.2 Å². The standard InChI is InChI=1S/C16H17ClO2/c17-15-12-14(13-6-2-1-3-7-13)8-9-16(15)19-11-5-4-10-18/h1-3,6-9,12,18H,4-5,10-11H2. The molecule has 0 aromatic heterocycles. The number of unbranched alkanes of at least 4 members (excludes halogenated alkanes) is 1. The summed E-state index contributed by atoms with van der Waals surface area (Å²) in [5.41, 5.74) is 2.21. The van der Waals surface area contributed by atoms with Crippen molar-refractivity contribution in [1.29, 1.82) is 0 Å². The van der Waals surface area contributed by atoms with Crippen LogP contribution in [0.4, 0.5) is 0 Å². The summed E-state index contributed by atoms with van der Waals surface area (Å²) in [6, 6.07) is 15.9. The van der Waals surface area contributed by atoms with Crippen molar-refractivity contribution in [3.63, 3.8) is 0 Å². The molecular weight excluding hydrogens is 260 g/mol. The van der Waals surface area contributed by atoms with E-state index in [9.17, 15) is 0 Å². The van der Waals surface area contributed by atoms with E-state index in [2.05, 4.69) is 0 Å². The van der Waals surface area contributed by atoms with E-state index >= 15 is 0 Å². The highest BCUT2D eigenvalue weighted by Gasteiger charge is 2.04. The molecule has 0 fully saturated rings. The normalized spacial score (nSPS) is 10.4. The molecule has 0 aliphatic rings. The maximum absolute atomic E-state index is 8.70. The van der Waals surface area contributed by atoms with Gasteiger partial charge in [-0.1, -0.05) is 48.0 Å². The molecular formula is C16H17ClO2. The average Bonchev–Trinajstić information content (AvgIpc) is 2.46. The predicted molar refractivity (Wildman–Crippen MR) is 78.7 cm³/mol. The van der Waals surface area contributed by atoms with Crippen LogP contribution in [0.5, 0.6) is 5.75 Å². The molecule has 19 heavy (non-hydrogen) atoms. The van der Waals surface area contributed by atoms with Crippen molar-refractivity contribution in [1.82, 2.24) is 0 Å². The van der Waals surface area contributed by atoms with Crippen molar-refractivity contribution in [3.8, 4) is 16.9 Å². The highest BCUT2D eigenvalue weighted by Crippen LogP contribution is 2.30. The van der Waals surface area contributed by atoms with Gasteiger partial charge in [0.25, 0.3) is 0 Å². The largest absolute Gasteiger partial charge is 0.492 e. The monoisotopic (exact) mass is 276 g/mol. The summed E-state index contributed by atoms with van der Waals surface area (Å²) in [5.74, 6) is 0.694. The van der Waals surface area contributed by atoms with Crippen LogP contribution < -0.4 is 4.74 Å². The number of ether oxygens (including phenoxy) is 1. The Labute approximate surface area is 118 Å². The van der Waals surface area contributed by atoms with Gasteiger partial charge < -0.3 is 9.84 Å². The van der Waals surface area contributed by atoms with Gasteiger partial charge in [-0.15, -0.1) is 0 Å². The van der Waals surface area contributed by atoms with Crippen LogP contribution in [-0.2, 0) is 0 Å². The third kappa shape index (κ3) is 3.98. The van der Waals surface area contributed by atoms with E-state index in [4.69, 9.17) is 21.4 Å². The molecule has 2 rings (SSSR count). The summed E-state index contributed by atoms with van der Waals surface area (Å²) >= 11 is 6.22. The smallest absolute Gasteiger partial charge is 0.137 e. The molecule has 2 aromatic carbocycles. The van der Waals surface area contributed by atoms with Gasteiger partial charge in [-0.2, -0.15) is 0 Å². The Hall–Kier alpha value is -1.51. The van der Waals surface area contributed by atoms with Crippen LogP contribution in [0, 0.1) is 0 Å². The fraction of sp³-hybridized carbons (Fsp3) is 0.250. The zero-order chi connectivity index (χ0) is 13.5. The van der Waals surface area contributed by atoms with Crippen molar-refractivity contribution in [2.24, 2.45) is 0 Å². The molecule has 0 saturated heterocycles. The van der Waals surface area contributed by atoms with Gasteiger partial charge >= 0.3 is 0 Å². The summed E-state index contributed by atoms with van der Waals surface area (Å²) in [5, 5.41) is 9.31. The van der Waals surface area contributed by atoms with E-state index in [-0.39, 0.29) is 6.61 Å². The molecule has 0 aliphatic heterocycles. The van der Waals surface area contributed by atoms with Crippen molar-refractivity contribution in [2.45, 2.75) is 12.8 Å². The van der Waals surface area contributed by atoms with Crippen molar-refractivity contribution < 1.29 is 9.84 Å². The molecule has 0 amide bonds. The maximum Gasteiger partial charge on any atom is 0.137 e. The average molecular weight is 277 g/mol. The Balaban J connectivity index is 2.05. The molecule has 0 spiro atoms. The van der Waals surface area contributed by atoms with Crippen LogP contribution in [0.25, 0.3) is 11.1 Å². The molecule has 0 unspecified atom stereocenters. The minimum atomic E-state index is 0.198. The fourth-order valence-electron chi connectivity index (χ4n) is 1.82. The third-order valence-electron chi connectivity index (χ3n) is 2.85. The van der Waals surface area contributed by atoms with Gasteiger partial charge in [0, 0.05) is 6.61 Å². The van der Waals surface area contributed by atoms with Gasteiger partial charge in [0.05, 0.1) is 11.6 Å². The quantitative estimate of drug-likeness (QED) is 0.803. The lowest BCUT2D eigenvalue weighted by atomic mass is 10.1. The van der Waals surface area contributed by atoms with Crippen LogP contribution in [0.2, 0.25) is 5.02 Å². The van der Waals surface area contributed by atoms with Crippen molar-refractivity contribution >= 4 is 11.6 Å². The summed E-state index contributed by atoms with van der Waals surface area (Å²) in [4.78, 5) is 0. The molecule has 2 aromatic rings. The number of hydrogen-bond donors (Lipinski definition) is 1. The number of benzene rings is 2. The van der Waals surface area contributed by atoms with Crippen LogP contribution >= 0.6 is 11.6 Å². The summed E-state index contributed by atoms with van der Waals surface area (Å²) in [6.07, 6.45) is 1.58. The lowest BCUT2D eigenvalue weighted by Gasteiger charge is -2.09. The van der Waals surface area contributed by atoms with Crippen LogP contribution in [-0.4, -0.2) is 18.3 Å². The first kappa shape index (κ1) is 13.9. The summed E-state index contributed by atoms with van der Waals surface area (Å²) in [6.45, 7) is 0.773. The van der Waals surface area contributed by atoms with Gasteiger partial charge in [0.15, 0.2) is 0 Å². The second-order valence-electron chi connectivity index (χ2n) is 4.29. The molecule has 2 nitrogen and oxygen atoms in total. The first-order valence-electron chi connectivity index (χ1n) is 6.40. The molecule has 0 bridgehead atoms. The fourth-order valence-corrected chi connectivity index (χ4v) is 2.06. The molecule has 1 N–H and O–H groups in total. The minimum absolute atomic E-state index is 0.198. The zero-order valence-corrected chi connectivity index (χ0v) is 11.4. The van der Waals surface area contributed by atoms with Crippen LogP contribution in [0.15, 0.2) is 48.5 Å². The first-order chi connectivity index (χ1) is 9.31. The molecule has 0 radical (unpaired) electrons. The van der Waals surface area contributed by atoms with Gasteiger partial charge in [-0.3, -0.25) is 0 Å². The molecule has 0 heterocycles. The Morgan fingerprint density at radius 1 is 0.947 bits per heavy atom. The predicted octanol–water partition coefficient (Wildman–Crippen LogP) is 4.16. The highest BCUT2D eigenvalue weighted by atomic mass is 35.5. The van der Waals surface area contributed by atoms with E-state index in [1.807, 2.05) is 48.5 Å². The number of hydrogen-bond acceptors (Lipinski definition) is 2. The Morgan fingerprint density at radius 2 is 1.74 bits per heavy atom. The second kappa shape index (κ2) is 7.17. The third-order valence-corrected chi connectivity index (χ3v) is 3.14. The number of halogens is 1. The number of aliphatic hydroxyl groups is 1. The Kier molecular flexibility index (Phi) is 5.25. The van der Waals surface area contributed by atoms with Crippen LogP contribution in [0.3, 0.4) is 0 Å². The lowest BCUT2D eigenvalue weighted by molar-refractivity contribution is 0.253. The molecule has 3 heteroatoms. The van der Waals surface area contributed by atoms with Gasteiger partial charge in [0.1, 0.15) is 5.75 Å². The molecule has 0 saturated carbocycles. The van der Waals surface area contributed by atoms with Crippen molar-refractivity contribution in [3.05, 3.63) is 53.6 Å². The number of aliphatic hydroxyl groups excluding tert-OH is 1. The highest BCUT2D eigenvalue weighted by molar-refractivity contribution is 6.32. The Bertz CT molecular complexity index is 511. The summed E-state index contributed by atoms with van der Waals surface area (Å²) < 4.78 is 5.59. The van der Waals surface area contributed by atoms with E-state index in [0.29, 0.717) is 17.4 Å². The van der Waals surface area contributed by atoms with E-state index in [1.54, 1.807) is 0 Å². The van der Waals surface area contributed by atoms with E-state index in [1.165, 1.54) is 0 Å². The van der Waals surface area contributed by atoms with Gasteiger partial charge in [-0.05, 0) is 36.1 Å². The zero-order valence-electron chi connectivity index (χ0n) is 10.7. The summed E-state index contributed by atoms with van der Waals surface area (Å²) in [7, 11) is 0. The topological polar surface area (TPSA) is 29.5 Å². The van der Waals surface area contributed by atoms with Crippen LogP contribution in [0.1, 0.15) is 12.8 Å². The molecule has 0 atom stereocenters. The lowest BCUT2D eigenvalue weighted by Crippen LogP contribution is -1.99. The molecule has 100 valence electrons. The maximum atomic E-state index is 8.70. The number of rotatable bonds is 6. The second-order valence-corrected chi connectivity index (χ2v) is 4.70. The molecule has 0 aliphatic carbocycles. The first-order valence-corrected chi connectivity index (χ1v) is 6.77.